The van der Waals surface area contributed by atoms with Gasteiger partial charge in [-0.15, -0.1) is 0 Å². The smallest absolute Gasteiger partial charge is 0.449 e. The molecule has 0 amide bonds. The number of benzene rings is 1. The average Bonchev–Trinajstić information content (AvgIpc) is 2.16. The van der Waals surface area contributed by atoms with Crippen LogP contribution in [0.4, 0.5) is 26.3 Å². The zero-order valence-electron chi connectivity index (χ0n) is 8.56. The Bertz CT molecular complexity index is 360. The first kappa shape index (κ1) is 14.3. The molecule has 0 aliphatic rings. The molecule has 0 radical (unpaired) electrons. The molecule has 17 heavy (non-hydrogen) atoms. The van der Waals surface area contributed by atoms with Gasteiger partial charge < -0.3 is 4.12 Å². The molecule has 1 aromatic rings. The molecule has 96 valence electrons. The molecule has 0 saturated carbocycles. The lowest BCUT2D eigenvalue weighted by Gasteiger charge is -2.33. The molecule has 0 atom stereocenters. The summed E-state index contributed by atoms with van der Waals surface area (Å²) in [5.41, 5.74) is 0. The molecule has 0 aliphatic heterocycles. The normalized spacial score (nSPS) is 14.0. The minimum atomic E-state index is -5.99. The predicted octanol–water partition coefficient (Wildman–Crippen LogP) is 1.34. The topological polar surface area (TPSA) is 9.23 Å². The second-order valence-electron chi connectivity index (χ2n) is 3.25. The second-order valence-corrected chi connectivity index (χ2v) is 7.95. The van der Waals surface area contributed by atoms with Crippen molar-refractivity contribution in [3.8, 4) is 0 Å². The van der Waals surface area contributed by atoms with E-state index in [1.165, 1.54) is 6.07 Å². The lowest BCUT2D eigenvalue weighted by molar-refractivity contribution is -0.125. The SMILES string of the molecule is FC(F)(F)[Si](O[SiH3])(c1ccccc1)C(F)(F)F. The van der Waals surface area contributed by atoms with E-state index in [0.717, 1.165) is 24.3 Å². The average molecular weight is 290 g/mol. The van der Waals surface area contributed by atoms with E-state index in [4.69, 9.17) is 0 Å². The summed E-state index contributed by atoms with van der Waals surface area (Å²) in [4.78, 5) is 0. The van der Waals surface area contributed by atoms with Crippen molar-refractivity contribution in [2.75, 3.05) is 0 Å². The van der Waals surface area contributed by atoms with Crippen LogP contribution in [-0.2, 0) is 4.12 Å². The fourth-order valence-electron chi connectivity index (χ4n) is 1.51. The maximum absolute atomic E-state index is 12.8. The number of rotatable bonds is 2. The Labute approximate surface area is 97.1 Å². The van der Waals surface area contributed by atoms with Gasteiger partial charge in [-0.2, -0.15) is 26.3 Å². The van der Waals surface area contributed by atoms with Crippen molar-refractivity contribution < 1.29 is 30.5 Å². The minimum absolute atomic E-state index is 0.636. The summed E-state index contributed by atoms with van der Waals surface area (Å²) >= 11 is 0. The molecule has 0 fully saturated rings. The summed E-state index contributed by atoms with van der Waals surface area (Å²) in [6.45, 7) is 0. The highest BCUT2D eigenvalue weighted by Gasteiger charge is 2.76. The van der Waals surface area contributed by atoms with Crippen molar-refractivity contribution in [3.05, 3.63) is 30.3 Å². The molecule has 0 saturated heterocycles. The Morgan fingerprint density at radius 3 is 1.59 bits per heavy atom. The summed E-state index contributed by atoms with van der Waals surface area (Å²) in [5.74, 6) is -10.8. The Balaban J connectivity index is 3.49. The number of alkyl halides is 6. The zero-order valence-corrected chi connectivity index (χ0v) is 11.6. The Kier molecular flexibility index (Phi) is 3.74. The van der Waals surface area contributed by atoms with Crippen LogP contribution in [0.5, 0.6) is 0 Å². The van der Waals surface area contributed by atoms with Crippen LogP contribution in [0.1, 0.15) is 0 Å². The van der Waals surface area contributed by atoms with Crippen LogP contribution in [0.15, 0.2) is 30.3 Å². The standard InChI is InChI=1S/C8H8F6OSi2/c9-7(10,11)17(15-16,8(12,13)14)6-4-2-1-3-5-6/h1-5H,16H3. The van der Waals surface area contributed by atoms with Gasteiger partial charge in [0.15, 0.2) is 0 Å². The first-order valence-electron chi connectivity index (χ1n) is 4.41. The summed E-state index contributed by atoms with van der Waals surface area (Å²) in [6, 6.07) is 5.24. The van der Waals surface area contributed by atoms with E-state index in [9.17, 15) is 26.3 Å². The van der Waals surface area contributed by atoms with Crippen molar-refractivity contribution in [3.63, 3.8) is 0 Å². The monoisotopic (exact) mass is 290 g/mol. The van der Waals surface area contributed by atoms with E-state index in [1.807, 2.05) is 0 Å². The lowest BCUT2D eigenvalue weighted by atomic mass is 10.4. The van der Waals surface area contributed by atoms with Crippen LogP contribution in [0.3, 0.4) is 0 Å². The van der Waals surface area contributed by atoms with E-state index in [1.54, 1.807) is 0 Å². The van der Waals surface area contributed by atoms with Crippen molar-refractivity contribution >= 4 is 24.0 Å². The van der Waals surface area contributed by atoms with Crippen molar-refractivity contribution in [1.82, 2.24) is 0 Å². The number of halogens is 6. The van der Waals surface area contributed by atoms with Gasteiger partial charge in [0.25, 0.3) is 0 Å². The van der Waals surface area contributed by atoms with Gasteiger partial charge in [0, 0.05) is 0 Å². The Hall–Kier alpha value is -0.806. The van der Waals surface area contributed by atoms with Gasteiger partial charge in [-0.1, -0.05) is 30.3 Å². The van der Waals surface area contributed by atoms with E-state index < -0.39 is 35.6 Å². The molecule has 9 heteroatoms. The van der Waals surface area contributed by atoms with Crippen LogP contribution in [0.2, 0.25) is 0 Å². The molecule has 0 heterocycles. The molecular weight excluding hydrogens is 282 g/mol. The molecule has 0 aromatic heterocycles. The third kappa shape index (κ3) is 2.26. The summed E-state index contributed by atoms with van der Waals surface area (Å²) in [7, 11) is -6.62. The van der Waals surface area contributed by atoms with Crippen LogP contribution in [0, 0.1) is 0 Å². The molecule has 0 N–H and O–H groups in total. The highest BCUT2D eigenvalue weighted by molar-refractivity contribution is 6.91. The fourth-order valence-corrected chi connectivity index (χ4v) is 5.94. The molecule has 0 unspecified atom stereocenters. The Morgan fingerprint density at radius 2 is 1.29 bits per heavy atom. The highest BCUT2D eigenvalue weighted by Crippen LogP contribution is 2.40. The largest absolute Gasteiger partial charge is 0.454 e. The predicted molar refractivity (Wildman–Crippen MR) is 55.0 cm³/mol. The molecule has 1 rings (SSSR count). The summed E-state index contributed by atoms with van der Waals surface area (Å²) in [5, 5.41) is -0.824. The maximum Gasteiger partial charge on any atom is 0.454 e. The lowest BCUT2D eigenvalue weighted by Crippen LogP contribution is -2.72. The number of hydrogen-bond acceptors (Lipinski definition) is 1. The Morgan fingerprint density at radius 1 is 0.882 bits per heavy atom. The molecule has 0 spiro atoms. The first-order chi connectivity index (χ1) is 7.67. The maximum atomic E-state index is 12.8. The van der Waals surface area contributed by atoms with E-state index >= 15 is 0 Å². The molecule has 0 bridgehead atoms. The van der Waals surface area contributed by atoms with Gasteiger partial charge in [0.1, 0.15) is 10.5 Å². The molecule has 1 aromatic carbocycles. The van der Waals surface area contributed by atoms with E-state index in [0.29, 0.717) is 0 Å². The third-order valence-corrected chi connectivity index (χ3v) is 7.48. The van der Waals surface area contributed by atoms with Crippen LogP contribution in [-0.4, -0.2) is 30.4 Å². The highest BCUT2D eigenvalue weighted by atomic mass is 28.4. The van der Waals surface area contributed by atoms with Crippen molar-refractivity contribution in [2.45, 2.75) is 11.6 Å². The van der Waals surface area contributed by atoms with Crippen molar-refractivity contribution in [2.24, 2.45) is 0 Å². The van der Waals surface area contributed by atoms with Gasteiger partial charge in [0.2, 0.25) is 0 Å². The van der Waals surface area contributed by atoms with Gasteiger partial charge in [-0.25, -0.2) is 0 Å². The van der Waals surface area contributed by atoms with E-state index in [2.05, 4.69) is 4.12 Å². The summed E-state index contributed by atoms with van der Waals surface area (Å²) < 4.78 is 80.9. The van der Waals surface area contributed by atoms with Crippen molar-refractivity contribution in [1.29, 1.82) is 0 Å². The molecule has 0 aliphatic carbocycles. The summed E-state index contributed by atoms with van der Waals surface area (Å²) in [6.07, 6.45) is 0. The fraction of sp³-hybridized carbons (Fsp3) is 0.250. The third-order valence-electron chi connectivity index (χ3n) is 2.28. The first-order valence-corrected chi connectivity index (χ1v) is 7.13. The van der Waals surface area contributed by atoms with Crippen LogP contribution in [0.25, 0.3) is 0 Å². The van der Waals surface area contributed by atoms with Gasteiger partial charge in [-0.3, -0.25) is 0 Å². The quantitative estimate of drug-likeness (QED) is 0.590. The molecular formula is C8H8F6OSi2. The van der Waals surface area contributed by atoms with Gasteiger partial charge >= 0.3 is 19.9 Å². The zero-order chi connectivity index (χ0) is 13.3. The van der Waals surface area contributed by atoms with Crippen LogP contribution >= 0.6 is 0 Å². The minimum Gasteiger partial charge on any atom is -0.449 e. The van der Waals surface area contributed by atoms with Gasteiger partial charge in [0.05, 0.1) is 0 Å². The second kappa shape index (κ2) is 4.46. The number of hydrogen-bond donors (Lipinski definition) is 0. The van der Waals surface area contributed by atoms with Gasteiger partial charge in [-0.05, 0) is 5.19 Å². The van der Waals surface area contributed by atoms with Crippen LogP contribution < -0.4 is 5.19 Å². The van der Waals surface area contributed by atoms with E-state index in [-0.39, 0.29) is 0 Å². The molecule has 1 nitrogen and oxygen atoms in total.